The summed E-state index contributed by atoms with van der Waals surface area (Å²) in [5.41, 5.74) is 1.02. The van der Waals surface area contributed by atoms with Crippen molar-refractivity contribution in [3.05, 3.63) is 35.9 Å². The van der Waals surface area contributed by atoms with Crippen molar-refractivity contribution in [2.24, 2.45) is 0 Å². The summed E-state index contributed by atoms with van der Waals surface area (Å²) in [7, 11) is 0. The molecule has 0 bridgehead atoms. The van der Waals surface area contributed by atoms with Crippen molar-refractivity contribution in [3.63, 3.8) is 0 Å². The average molecular weight is 301 g/mol. The van der Waals surface area contributed by atoms with Crippen molar-refractivity contribution in [1.82, 2.24) is 15.1 Å². The van der Waals surface area contributed by atoms with E-state index in [0.717, 1.165) is 31.5 Å². The largest absolute Gasteiger partial charge is 0.355 e. The van der Waals surface area contributed by atoms with Crippen LogP contribution in [0.3, 0.4) is 0 Å². The molecular weight excluding hydrogens is 278 g/mol. The third kappa shape index (κ3) is 3.30. The molecule has 1 atom stereocenters. The average Bonchev–Trinajstić information content (AvgIpc) is 3.00. The molecule has 2 aliphatic rings. The van der Waals surface area contributed by atoms with Gasteiger partial charge in [0.15, 0.2) is 0 Å². The first kappa shape index (κ1) is 15.0. The number of nitrogens with one attached hydrogen (secondary N) is 1. The molecule has 2 saturated heterocycles. The Bertz CT molecular complexity index is 526. The molecule has 118 valence electrons. The SMILES string of the molecule is O=C1CCN(C(C(=O)N2CCCC2)c2ccccc2)CCN1. The third-order valence-corrected chi connectivity index (χ3v) is 4.48. The Morgan fingerprint density at radius 1 is 1.05 bits per heavy atom. The molecule has 0 aliphatic carbocycles. The zero-order valence-corrected chi connectivity index (χ0v) is 12.8. The van der Waals surface area contributed by atoms with E-state index in [4.69, 9.17) is 0 Å². The summed E-state index contributed by atoms with van der Waals surface area (Å²) in [4.78, 5) is 28.7. The number of carbonyl (C=O) groups excluding carboxylic acids is 2. The Morgan fingerprint density at radius 2 is 1.77 bits per heavy atom. The van der Waals surface area contributed by atoms with E-state index in [0.29, 0.717) is 26.1 Å². The van der Waals surface area contributed by atoms with Gasteiger partial charge in [-0.25, -0.2) is 0 Å². The van der Waals surface area contributed by atoms with E-state index in [-0.39, 0.29) is 17.9 Å². The van der Waals surface area contributed by atoms with Crippen molar-refractivity contribution < 1.29 is 9.59 Å². The van der Waals surface area contributed by atoms with Gasteiger partial charge in [0.25, 0.3) is 0 Å². The molecule has 0 saturated carbocycles. The van der Waals surface area contributed by atoms with Crippen LogP contribution in [0.2, 0.25) is 0 Å². The number of carbonyl (C=O) groups is 2. The van der Waals surface area contributed by atoms with Crippen LogP contribution in [0.4, 0.5) is 0 Å². The van der Waals surface area contributed by atoms with E-state index in [1.807, 2.05) is 35.2 Å². The van der Waals surface area contributed by atoms with Crippen LogP contribution in [0.15, 0.2) is 30.3 Å². The highest BCUT2D eigenvalue weighted by molar-refractivity contribution is 5.84. The standard InChI is InChI=1S/C17H23N3O2/c21-15-8-12-19(13-9-18-15)16(14-6-2-1-3-7-14)17(22)20-10-4-5-11-20/h1-3,6-7,16H,4-5,8-13H2,(H,18,21). The molecule has 22 heavy (non-hydrogen) atoms. The van der Waals surface area contributed by atoms with Crippen molar-refractivity contribution in [3.8, 4) is 0 Å². The molecule has 0 aromatic heterocycles. The number of nitrogens with zero attached hydrogens (tertiary/aromatic N) is 2. The number of hydrogen-bond acceptors (Lipinski definition) is 3. The van der Waals surface area contributed by atoms with Gasteiger partial charge < -0.3 is 10.2 Å². The topological polar surface area (TPSA) is 52.7 Å². The fourth-order valence-corrected chi connectivity index (χ4v) is 3.30. The van der Waals surface area contributed by atoms with Gasteiger partial charge in [0, 0.05) is 39.1 Å². The van der Waals surface area contributed by atoms with Crippen LogP contribution < -0.4 is 5.32 Å². The molecule has 2 amide bonds. The maximum atomic E-state index is 13.0. The predicted octanol–water partition coefficient (Wildman–Crippen LogP) is 1.17. The first-order chi connectivity index (χ1) is 10.8. The molecule has 5 heteroatoms. The fourth-order valence-electron chi connectivity index (χ4n) is 3.30. The Kier molecular flexibility index (Phi) is 4.73. The van der Waals surface area contributed by atoms with Crippen molar-refractivity contribution >= 4 is 11.8 Å². The van der Waals surface area contributed by atoms with E-state index in [2.05, 4.69) is 10.2 Å². The Hall–Kier alpha value is -1.88. The summed E-state index contributed by atoms with van der Waals surface area (Å²) in [6, 6.07) is 9.67. The maximum absolute atomic E-state index is 13.0. The number of amides is 2. The molecule has 1 aromatic rings. The molecule has 1 unspecified atom stereocenters. The zero-order chi connectivity index (χ0) is 15.4. The van der Waals surface area contributed by atoms with E-state index in [9.17, 15) is 9.59 Å². The van der Waals surface area contributed by atoms with E-state index >= 15 is 0 Å². The molecule has 1 N–H and O–H groups in total. The summed E-state index contributed by atoms with van der Waals surface area (Å²) in [5.74, 6) is 0.251. The number of hydrogen-bond donors (Lipinski definition) is 1. The van der Waals surface area contributed by atoms with Gasteiger partial charge in [-0.1, -0.05) is 30.3 Å². The van der Waals surface area contributed by atoms with Crippen LogP contribution in [0.25, 0.3) is 0 Å². The maximum Gasteiger partial charge on any atom is 0.244 e. The Morgan fingerprint density at radius 3 is 2.50 bits per heavy atom. The summed E-state index contributed by atoms with van der Waals surface area (Å²) in [6.45, 7) is 3.66. The molecule has 2 fully saturated rings. The first-order valence-electron chi connectivity index (χ1n) is 8.10. The smallest absolute Gasteiger partial charge is 0.244 e. The monoisotopic (exact) mass is 301 g/mol. The van der Waals surface area contributed by atoms with Gasteiger partial charge in [-0.05, 0) is 18.4 Å². The second kappa shape index (κ2) is 6.92. The third-order valence-electron chi connectivity index (χ3n) is 4.48. The number of rotatable bonds is 3. The number of benzene rings is 1. The second-order valence-electron chi connectivity index (χ2n) is 5.98. The zero-order valence-electron chi connectivity index (χ0n) is 12.8. The van der Waals surface area contributed by atoms with Crippen LogP contribution in [0, 0.1) is 0 Å². The molecule has 2 aliphatic heterocycles. The van der Waals surface area contributed by atoms with Gasteiger partial charge in [-0.15, -0.1) is 0 Å². The van der Waals surface area contributed by atoms with Crippen LogP contribution in [-0.4, -0.2) is 54.3 Å². The van der Waals surface area contributed by atoms with Crippen molar-refractivity contribution in [1.29, 1.82) is 0 Å². The second-order valence-corrected chi connectivity index (χ2v) is 5.98. The highest BCUT2D eigenvalue weighted by atomic mass is 16.2. The fraction of sp³-hybridized carbons (Fsp3) is 0.529. The molecular formula is C17H23N3O2. The molecule has 0 spiro atoms. The Balaban J connectivity index is 1.85. The normalized spacial score (nSPS) is 21.3. The lowest BCUT2D eigenvalue weighted by atomic mass is 10.0. The van der Waals surface area contributed by atoms with Gasteiger partial charge in [-0.2, -0.15) is 0 Å². The summed E-state index contributed by atoms with van der Waals surface area (Å²) in [6.07, 6.45) is 2.64. The minimum atomic E-state index is -0.271. The molecule has 3 rings (SSSR count). The van der Waals surface area contributed by atoms with Crippen molar-refractivity contribution in [2.45, 2.75) is 25.3 Å². The van der Waals surface area contributed by atoms with Gasteiger partial charge >= 0.3 is 0 Å². The summed E-state index contributed by atoms with van der Waals surface area (Å²) >= 11 is 0. The highest BCUT2D eigenvalue weighted by Crippen LogP contribution is 2.25. The lowest BCUT2D eigenvalue weighted by Crippen LogP contribution is -2.43. The van der Waals surface area contributed by atoms with E-state index < -0.39 is 0 Å². The van der Waals surface area contributed by atoms with Gasteiger partial charge in [0.1, 0.15) is 6.04 Å². The quantitative estimate of drug-likeness (QED) is 0.912. The molecule has 5 nitrogen and oxygen atoms in total. The lowest BCUT2D eigenvalue weighted by Gasteiger charge is -2.32. The minimum Gasteiger partial charge on any atom is -0.355 e. The molecule has 1 aromatic carbocycles. The summed E-state index contributed by atoms with van der Waals surface area (Å²) < 4.78 is 0. The van der Waals surface area contributed by atoms with Gasteiger partial charge in [0.2, 0.25) is 11.8 Å². The van der Waals surface area contributed by atoms with Gasteiger partial charge in [-0.3, -0.25) is 14.5 Å². The lowest BCUT2D eigenvalue weighted by molar-refractivity contribution is -0.136. The van der Waals surface area contributed by atoms with Crippen LogP contribution in [-0.2, 0) is 9.59 Å². The van der Waals surface area contributed by atoms with Crippen LogP contribution in [0.5, 0.6) is 0 Å². The van der Waals surface area contributed by atoms with Gasteiger partial charge in [0.05, 0.1) is 0 Å². The van der Waals surface area contributed by atoms with E-state index in [1.165, 1.54) is 0 Å². The first-order valence-corrected chi connectivity index (χ1v) is 8.10. The number of likely N-dealkylation sites (tertiary alicyclic amines) is 1. The predicted molar refractivity (Wildman–Crippen MR) is 84.2 cm³/mol. The Labute approximate surface area is 131 Å². The van der Waals surface area contributed by atoms with Crippen LogP contribution >= 0.6 is 0 Å². The summed E-state index contributed by atoms with van der Waals surface area (Å²) in [5, 5.41) is 2.88. The molecule has 0 radical (unpaired) electrons. The molecule has 2 heterocycles. The van der Waals surface area contributed by atoms with Crippen LogP contribution in [0.1, 0.15) is 30.9 Å². The van der Waals surface area contributed by atoms with E-state index in [1.54, 1.807) is 0 Å². The minimum absolute atomic E-state index is 0.0722. The highest BCUT2D eigenvalue weighted by Gasteiger charge is 2.33. The van der Waals surface area contributed by atoms with Crippen molar-refractivity contribution in [2.75, 3.05) is 32.7 Å².